The van der Waals surface area contributed by atoms with Crippen LogP contribution in [0.1, 0.15) is 59.0 Å². The van der Waals surface area contributed by atoms with E-state index in [9.17, 15) is 40.2 Å². The van der Waals surface area contributed by atoms with Crippen molar-refractivity contribution >= 4 is 27.9 Å². The molecule has 4 aromatic rings. The number of benzene rings is 3. The van der Waals surface area contributed by atoms with Crippen molar-refractivity contribution < 1.29 is 49.3 Å². The lowest BCUT2D eigenvalue weighted by molar-refractivity contribution is 0.0134. The number of aromatic hydroxyl groups is 4. The molecule has 3 aromatic carbocycles. The normalized spacial score (nSPS) is 19.9. The van der Waals surface area contributed by atoms with Crippen LogP contribution in [0.2, 0.25) is 0 Å². The minimum atomic E-state index is -1.69. The van der Waals surface area contributed by atoms with Crippen LogP contribution in [0.3, 0.4) is 0 Å². The predicted octanol–water partition coefficient (Wildman–Crippen LogP) is 3.41. The summed E-state index contributed by atoms with van der Waals surface area (Å²) >= 11 is 0. The molecule has 1 aliphatic heterocycles. The quantitative estimate of drug-likeness (QED) is 0.128. The average molecular weight is 536 g/mol. The van der Waals surface area contributed by atoms with Gasteiger partial charge in [-0.2, -0.15) is 0 Å². The molecule has 0 saturated carbocycles. The van der Waals surface area contributed by atoms with Gasteiger partial charge in [-0.25, -0.2) is 4.79 Å². The summed E-state index contributed by atoms with van der Waals surface area (Å²) in [6, 6.07) is 3.82. The first kappa shape index (κ1) is 24.8. The number of esters is 1. The van der Waals surface area contributed by atoms with E-state index >= 15 is 0 Å². The minimum Gasteiger partial charge on any atom is -0.506 e. The van der Waals surface area contributed by atoms with Gasteiger partial charge in [0, 0.05) is 23.1 Å². The fourth-order valence-electron chi connectivity index (χ4n) is 5.80. The average Bonchev–Trinajstić information content (AvgIpc) is 2.89. The fraction of sp³-hybridized carbons (Fsp3) is 0.286. The molecule has 0 spiro atoms. The topological polar surface area (TPSA) is 187 Å². The van der Waals surface area contributed by atoms with Gasteiger partial charge in [0.1, 0.15) is 51.7 Å². The number of ether oxygens (including phenoxy) is 2. The van der Waals surface area contributed by atoms with E-state index in [-0.39, 0.29) is 51.2 Å². The molecule has 0 bridgehead atoms. The first-order valence-corrected chi connectivity index (χ1v) is 12.3. The van der Waals surface area contributed by atoms with Crippen LogP contribution in [0.4, 0.5) is 0 Å². The van der Waals surface area contributed by atoms with Gasteiger partial charge in [0.25, 0.3) is 0 Å². The van der Waals surface area contributed by atoms with Crippen molar-refractivity contribution in [2.45, 2.75) is 44.5 Å². The van der Waals surface area contributed by atoms with Gasteiger partial charge in [-0.3, -0.25) is 4.79 Å². The smallest absolute Gasteiger partial charge is 0.342 e. The summed E-state index contributed by atoms with van der Waals surface area (Å²) in [7, 11) is 1.22. The number of aliphatic hydroxyl groups is 2. The highest BCUT2D eigenvalue weighted by Crippen LogP contribution is 2.58. The van der Waals surface area contributed by atoms with E-state index in [4.69, 9.17) is 13.9 Å². The number of phenols is 4. The highest BCUT2D eigenvalue weighted by atomic mass is 16.5. The summed E-state index contributed by atoms with van der Waals surface area (Å²) in [6.45, 7) is 1.94. The molecule has 0 amide bonds. The fourth-order valence-corrected chi connectivity index (χ4v) is 5.80. The molecule has 2 heterocycles. The van der Waals surface area contributed by atoms with Crippen molar-refractivity contribution in [1.29, 1.82) is 0 Å². The van der Waals surface area contributed by atoms with Crippen LogP contribution in [-0.2, 0) is 11.2 Å². The first-order chi connectivity index (χ1) is 18.6. The second kappa shape index (κ2) is 8.52. The number of carbonyl (C=O) groups is 1. The van der Waals surface area contributed by atoms with Crippen molar-refractivity contribution in [3.8, 4) is 39.9 Å². The maximum Gasteiger partial charge on any atom is 0.342 e. The Labute approximate surface area is 219 Å². The lowest BCUT2D eigenvalue weighted by Crippen LogP contribution is -2.29. The molecule has 6 N–H and O–H groups in total. The Kier molecular flexibility index (Phi) is 5.42. The second-order valence-corrected chi connectivity index (χ2v) is 9.75. The van der Waals surface area contributed by atoms with E-state index < -0.39 is 63.5 Å². The van der Waals surface area contributed by atoms with Crippen LogP contribution in [-0.4, -0.2) is 49.8 Å². The summed E-state index contributed by atoms with van der Waals surface area (Å²) in [5, 5.41) is 64.6. The van der Waals surface area contributed by atoms with E-state index in [0.717, 1.165) is 12.5 Å². The SMILES string of the molecule is CCCC1Cc2cc3c(c(O)c2C(=O)O1)-c1c(c(OC)c2oc4ccc(O)c(O)c4c(=O)c2c1O)[C@H](O)[C@H]3O. The van der Waals surface area contributed by atoms with E-state index in [1.54, 1.807) is 0 Å². The van der Waals surface area contributed by atoms with Crippen LogP contribution < -0.4 is 10.2 Å². The Morgan fingerprint density at radius 1 is 0.949 bits per heavy atom. The predicted molar refractivity (Wildman–Crippen MR) is 136 cm³/mol. The zero-order chi connectivity index (χ0) is 27.9. The Morgan fingerprint density at radius 3 is 2.38 bits per heavy atom. The standard InChI is InChI=1S/C28H24O11/c1-3-4-10-7-9-8-11-15(22(32)14(9)28(36)38-10)17-18(25(35)20(11)30)26(37-2)27-19(24(17)34)23(33)16-13(39-27)6-5-12(29)21(16)31/h5-6,8,10,20,25,29-32,34-35H,3-4,7H2,1-2H3/t10?,20-,25-/m0/s1. The third kappa shape index (κ3) is 3.23. The van der Waals surface area contributed by atoms with Gasteiger partial charge in [0.05, 0.1) is 7.11 Å². The summed E-state index contributed by atoms with van der Waals surface area (Å²) in [5.41, 5.74) is -1.73. The van der Waals surface area contributed by atoms with Gasteiger partial charge in [-0.15, -0.1) is 0 Å². The number of fused-ring (bicyclic) bond motifs is 6. The molecule has 202 valence electrons. The number of hydrogen-bond donors (Lipinski definition) is 6. The minimum absolute atomic E-state index is 0.0265. The third-order valence-electron chi connectivity index (χ3n) is 7.52. The van der Waals surface area contributed by atoms with Crippen molar-refractivity contribution in [2.75, 3.05) is 7.11 Å². The molecule has 0 radical (unpaired) electrons. The Morgan fingerprint density at radius 2 is 1.69 bits per heavy atom. The number of aliphatic hydroxyl groups excluding tert-OH is 2. The molecule has 0 fully saturated rings. The highest BCUT2D eigenvalue weighted by molar-refractivity contribution is 6.07. The van der Waals surface area contributed by atoms with Crippen molar-refractivity contribution in [3.05, 3.63) is 50.7 Å². The van der Waals surface area contributed by atoms with E-state index in [1.165, 1.54) is 19.2 Å². The number of cyclic esters (lactones) is 1. The molecule has 1 aliphatic carbocycles. The Bertz CT molecular complexity index is 1790. The van der Waals surface area contributed by atoms with Crippen molar-refractivity contribution in [1.82, 2.24) is 0 Å². The molecule has 1 unspecified atom stereocenters. The summed E-state index contributed by atoms with van der Waals surface area (Å²) in [6.07, 6.45) is -2.10. The van der Waals surface area contributed by atoms with Gasteiger partial charge >= 0.3 is 5.97 Å². The second-order valence-electron chi connectivity index (χ2n) is 9.75. The molecular weight excluding hydrogens is 512 g/mol. The maximum absolute atomic E-state index is 13.6. The molecule has 11 nitrogen and oxygen atoms in total. The lowest BCUT2D eigenvalue weighted by Gasteiger charge is -2.34. The summed E-state index contributed by atoms with van der Waals surface area (Å²) in [4.78, 5) is 26.5. The maximum atomic E-state index is 13.6. The molecule has 1 aromatic heterocycles. The molecule has 39 heavy (non-hydrogen) atoms. The number of phenolic OH excluding ortho intramolecular Hbond substituents is 4. The number of rotatable bonds is 3. The zero-order valence-electron chi connectivity index (χ0n) is 20.8. The van der Waals surface area contributed by atoms with Crippen LogP contribution >= 0.6 is 0 Å². The monoisotopic (exact) mass is 536 g/mol. The largest absolute Gasteiger partial charge is 0.506 e. The molecule has 3 atom stereocenters. The van der Waals surface area contributed by atoms with Gasteiger partial charge in [-0.1, -0.05) is 19.4 Å². The third-order valence-corrected chi connectivity index (χ3v) is 7.52. The van der Waals surface area contributed by atoms with Crippen LogP contribution in [0.25, 0.3) is 33.1 Å². The van der Waals surface area contributed by atoms with E-state index in [1.807, 2.05) is 6.92 Å². The number of hydrogen-bond acceptors (Lipinski definition) is 11. The molecule has 0 saturated heterocycles. The molecule has 11 heteroatoms. The van der Waals surface area contributed by atoms with Gasteiger partial charge in [-0.05, 0) is 29.7 Å². The zero-order valence-corrected chi connectivity index (χ0v) is 20.8. The highest BCUT2D eigenvalue weighted by Gasteiger charge is 2.43. The van der Waals surface area contributed by atoms with Crippen LogP contribution in [0, 0.1) is 0 Å². The molecule has 2 aliphatic rings. The summed E-state index contributed by atoms with van der Waals surface area (Å²) in [5.74, 6) is -3.71. The van der Waals surface area contributed by atoms with Crippen LogP contribution in [0.15, 0.2) is 27.4 Å². The van der Waals surface area contributed by atoms with Crippen LogP contribution in [0.5, 0.6) is 28.7 Å². The number of methoxy groups -OCH3 is 1. The van der Waals surface area contributed by atoms with Gasteiger partial charge < -0.3 is 44.5 Å². The van der Waals surface area contributed by atoms with E-state index in [2.05, 4.69) is 0 Å². The lowest BCUT2D eigenvalue weighted by atomic mass is 9.77. The number of carbonyl (C=O) groups excluding carboxylic acids is 1. The first-order valence-electron chi connectivity index (χ1n) is 12.3. The Hall–Kier alpha value is -4.48. The molecule has 6 rings (SSSR count). The Balaban J connectivity index is 1.76. The van der Waals surface area contributed by atoms with Crippen molar-refractivity contribution in [2.24, 2.45) is 0 Å². The summed E-state index contributed by atoms with van der Waals surface area (Å²) < 4.78 is 16.8. The van der Waals surface area contributed by atoms with E-state index in [0.29, 0.717) is 12.0 Å². The molecular formula is C28H24O11. The van der Waals surface area contributed by atoms with Gasteiger partial charge in [0.2, 0.25) is 5.43 Å². The van der Waals surface area contributed by atoms with Gasteiger partial charge in [0.15, 0.2) is 22.8 Å². The van der Waals surface area contributed by atoms with Crippen molar-refractivity contribution in [3.63, 3.8) is 0 Å².